The van der Waals surface area contributed by atoms with E-state index in [1.807, 2.05) is 60.7 Å². The molecule has 0 spiro atoms. The molecule has 194 valence electrons. The van der Waals surface area contributed by atoms with Crippen molar-refractivity contribution in [3.05, 3.63) is 126 Å². The van der Waals surface area contributed by atoms with Crippen molar-refractivity contribution in [1.82, 2.24) is 9.88 Å². The van der Waals surface area contributed by atoms with Gasteiger partial charge >= 0.3 is 0 Å². The minimum Gasteiger partial charge on any atom is -0.368 e. The molecular formula is C32H26F2N4S. The monoisotopic (exact) mass is 536 g/mol. The standard InChI is InChI=1S/C32H26F2N4S/c33-26-13-11-25(12-14-26)31-35-29(23-7-3-1-4-8-23)32(39-31)36-30(24-9-5-2-6-10-24)38-21-19-37(20-22-38)28-17-15-27(34)16-18-28/h1-18H,19-22H2. The fourth-order valence-electron chi connectivity index (χ4n) is 4.72. The van der Waals surface area contributed by atoms with E-state index in [4.69, 9.17) is 9.98 Å². The summed E-state index contributed by atoms with van der Waals surface area (Å²) >= 11 is 1.51. The minimum atomic E-state index is -0.275. The largest absolute Gasteiger partial charge is 0.368 e. The van der Waals surface area contributed by atoms with E-state index in [1.54, 1.807) is 12.1 Å². The summed E-state index contributed by atoms with van der Waals surface area (Å²) in [7, 11) is 0. The molecule has 1 aromatic heterocycles. The van der Waals surface area contributed by atoms with Gasteiger partial charge in [0.05, 0.1) is 0 Å². The third-order valence-corrected chi connectivity index (χ3v) is 7.76. The lowest BCUT2D eigenvalue weighted by Crippen LogP contribution is -2.49. The molecule has 0 atom stereocenters. The molecule has 7 heteroatoms. The summed E-state index contributed by atoms with van der Waals surface area (Å²) in [6.45, 7) is 3.14. The maximum atomic E-state index is 13.6. The third kappa shape index (κ3) is 5.59. The molecule has 0 N–H and O–H groups in total. The van der Waals surface area contributed by atoms with Crippen molar-refractivity contribution in [3.8, 4) is 21.8 Å². The van der Waals surface area contributed by atoms with Gasteiger partial charge in [-0.1, -0.05) is 72.0 Å². The van der Waals surface area contributed by atoms with Crippen molar-refractivity contribution in [2.75, 3.05) is 31.1 Å². The summed E-state index contributed by atoms with van der Waals surface area (Å²) in [6.07, 6.45) is 0. The Hall–Kier alpha value is -4.36. The van der Waals surface area contributed by atoms with Gasteiger partial charge in [-0.25, -0.2) is 18.8 Å². The van der Waals surface area contributed by atoms with Gasteiger partial charge in [0.15, 0.2) is 0 Å². The Morgan fingerprint density at radius 2 is 1.26 bits per heavy atom. The van der Waals surface area contributed by atoms with Gasteiger partial charge in [-0.05, 0) is 48.5 Å². The van der Waals surface area contributed by atoms with Crippen LogP contribution in [0.1, 0.15) is 5.56 Å². The minimum absolute atomic E-state index is 0.227. The predicted octanol–water partition coefficient (Wildman–Crippen LogP) is 7.66. The van der Waals surface area contributed by atoms with Gasteiger partial charge < -0.3 is 9.80 Å². The van der Waals surface area contributed by atoms with E-state index < -0.39 is 0 Å². The molecule has 0 amide bonds. The van der Waals surface area contributed by atoms with Crippen LogP contribution >= 0.6 is 11.3 Å². The van der Waals surface area contributed by atoms with Crippen LogP contribution in [-0.4, -0.2) is 41.9 Å². The number of piperazine rings is 1. The molecule has 39 heavy (non-hydrogen) atoms. The average Bonchev–Trinajstić information content (AvgIpc) is 3.42. The molecule has 0 unspecified atom stereocenters. The summed E-state index contributed by atoms with van der Waals surface area (Å²) in [5, 5.41) is 1.60. The number of thiazole rings is 1. The number of rotatable bonds is 5. The number of nitrogens with zero attached hydrogens (tertiary/aromatic N) is 4. The Morgan fingerprint density at radius 1 is 0.667 bits per heavy atom. The molecule has 0 saturated carbocycles. The van der Waals surface area contributed by atoms with Crippen molar-refractivity contribution < 1.29 is 8.78 Å². The molecule has 0 radical (unpaired) electrons. The van der Waals surface area contributed by atoms with Gasteiger partial charge in [0, 0.05) is 48.6 Å². The van der Waals surface area contributed by atoms with Crippen molar-refractivity contribution in [2.24, 2.45) is 4.99 Å². The van der Waals surface area contributed by atoms with Gasteiger partial charge in [0.25, 0.3) is 0 Å². The van der Waals surface area contributed by atoms with Crippen LogP contribution in [0.5, 0.6) is 0 Å². The molecule has 1 saturated heterocycles. The molecule has 2 heterocycles. The normalized spacial score (nSPS) is 14.1. The molecule has 1 aliphatic heterocycles. The first-order valence-electron chi connectivity index (χ1n) is 12.9. The first-order valence-corrected chi connectivity index (χ1v) is 13.7. The average molecular weight is 537 g/mol. The van der Waals surface area contributed by atoms with Crippen molar-refractivity contribution >= 4 is 27.9 Å². The van der Waals surface area contributed by atoms with E-state index in [0.29, 0.717) is 0 Å². The zero-order valence-corrected chi connectivity index (χ0v) is 22.0. The maximum Gasteiger partial charge on any atom is 0.146 e. The second-order valence-electron chi connectivity index (χ2n) is 9.30. The second kappa shape index (κ2) is 11.2. The molecule has 1 aliphatic rings. The van der Waals surface area contributed by atoms with Crippen LogP contribution in [0, 0.1) is 11.6 Å². The summed E-state index contributed by atoms with van der Waals surface area (Å²) in [5.41, 5.74) is 4.69. The Bertz CT molecular complexity index is 1560. The molecule has 6 rings (SSSR count). The highest BCUT2D eigenvalue weighted by molar-refractivity contribution is 7.19. The highest BCUT2D eigenvalue weighted by Gasteiger charge is 2.23. The summed E-state index contributed by atoms with van der Waals surface area (Å²) in [5.74, 6) is 0.387. The lowest BCUT2D eigenvalue weighted by Gasteiger charge is -2.37. The van der Waals surface area contributed by atoms with Crippen LogP contribution in [0.15, 0.2) is 114 Å². The van der Waals surface area contributed by atoms with Crippen molar-refractivity contribution in [2.45, 2.75) is 0 Å². The SMILES string of the molecule is Fc1ccc(-c2nc(-c3ccccc3)c(N=C(c3ccccc3)N3CCN(c4ccc(F)cc4)CC3)s2)cc1. The van der Waals surface area contributed by atoms with Crippen LogP contribution in [0.2, 0.25) is 0 Å². The van der Waals surface area contributed by atoms with Crippen LogP contribution < -0.4 is 4.90 Å². The van der Waals surface area contributed by atoms with E-state index in [0.717, 1.165) is 70.1 Å². The molecule has 0 aliphatic carbocycles. The number of anilines is 1. The van der Waals surface area contributed by atoms with Crippen LogP contribution in [-0.2, 0) is 0 Å². The summed E-state index contributed by atoms with van der Waals surface area (Å²) < 4.78 is 27.0. The Morgan fingerprint density at radius 3 is 1.90 bits per heavy atom. The number of hydrogen-bond acceptors (Lipinski definition) is 4. The van der Waals surface area contributed by atoms with Gasteiger partial charge in [-0.15, -0.1) is 0 Å². The van der Waals surface area contributed by atoms with E-state index in [9.17, 15) is 8.78 Å². The topological polar surface area (TPSA) is 31.7 Å². The van der Waals surface area contributed by atoms with Crippen LogP contribution in [0.4, 0.5) is 19.5 Å². The van der Waals surface area contributed by atoms with Gasteiger partial charge in [0.2, 0.25) is 0 Å². The summed E-state index contributed by atoms with van der Waals surface area (Å²) in [6, 6.07) is 33.3. The first kappa shape index (κ1) is 24.9. The van der Waals surface area contributed by atoms with Gasteiger partial charge in [-0.2, -0.15) is 0 Å². The predicted molar refractivity (Wildman–Crippen MR) is 156 cm³/mol. The number of benzene rings is 4. The fraction of sp³-hybridized carbons (Fsp3) is 0.125. The van der Waals surface area contributed by atoms with E-state index in [-0.39, 0.29) is 11.6 Å². The molecule has 1 fully saturated rings. The van der Waals surface area contributed by atoms with E-state index >= 15 is 0 Å². The zero-order chi connectivity index (χ0) is 26.6. The number of amidine groups is 1. The maximum absolute atomic E-state index is 13.6. The van der Waals surface area contributed by atoms with Crippen molar-refractivity contribution in [3.63, 3.8) is 0 Å². The second-order valence-corrected chi connectivity index (χ2v) is 10.3. The molecule has 4 nitrogen and oxygen atoms in total. The molecular weight excluding hydrogens is 510 g/mol. The Kier molecular flexibility index (Phi) is 7.15. The molecule has 5 aromatic rings. The van der Waals surface area contributed by atoms with Crippen molar-refractivity contribution in [1.29, 1.82) is 0 Å². The van der Waals surface area contributed by atoms with Gasteiger partial charge in [0.1, 0.15) is 33.2 Å². The quantitative estimate of drug-likeness (QED) is 0.171. The van der Waals surface area contributed by atoms with Gasteiger partial charge in [-0.3, -0.25) is 0 Å². The van der Waals surface area contributed by atoms with E-state index in [2.05, 4.69) is 21.9 Å². The highest BCUT2D eigenvalue weighted by Crippen LogP contribution is 2.40. The van der Waals surface area contributed by atoms with E-state index in [1.165, 1.54) is 35.6 Å². The number of halogens is 2. The highest BCUT2D eigenvalue weighted by atomic mass is 32.1. The Balaban J connectivity index is 1.38. The Labute approximate surface area is 230 Å². The number of aliphatic imine (C=N–C) groups is 1. The zero-order valence-electron chi connectivity index (χ0n) is 21.2. The lowest BCUT2D eigenvalue weighted by atomic mass is 10.1. The van der Waals surface area contributed by atoms with Crippen LogP contribution in [0.25, 0.3) is 21.8 Å². The first-order chi connectivity index (χ1) is 19.1. The van der Waals surface area contributed by atoms with Crippen LogP contribution in [0.3, 0.4) is 0 Å². The smallest absolute Gasteiger partial charge is 0.146 e. The molecule has 0 bridgehead atoms. The molecule has 4 aromatic carbocycles. The fourth-order valence-corrected chi connectivity index (χ4v) is 5.68. The lowest BCUT2D eigenvalue weighted by molar-refractivity contribution is 0.386. The number of hydrogen-bond donors (Lipinski definition) is 0. The summed E-state index contributed by atoms with van der Waals surface area (Å²) in [4.78, 5) is 14.8. The number of aromatic nitrogens is 1. The third-order valence-electron chi connectivity index (χ3n) is 6.76.